The Hall–Kier alpha value is -1.91. The van der Waals surface area contributed by atoms with E-state index in [9.17, 15) is 21.6 Å². The lowest BCUT2D eigenvalue weighted by atomic mass is 9.94. The zero-order valence-electron chi connectivity index (χ0n) is 15.1. The highest BCUT2D eigenvalue weighted by molar-refractivity contribution is 7.89. The van der Waals surface area contributed by atoms with E-state index in [0.717, 1.165) is 23.4 Å². The van der Waals surface area contributed by atoms with Gasteiger partial charge in [0.1, 0.15) is 0 Å². The standard InChI is InChI=1S/C17H18ClF3N4O2S/c1-25(2)16-22-9-10-7-11(3-6-15(10)23-16)24-28(26,27)12-4-5-14(18)13(8-12)17(19,20)21/h4-5,8-9,11,24H,3,6-7H2,1-2H3/t11-/m0/s1. The lowest BCUT2D eigenvalue weighted by molar-refractivity contribution is -0.137. The molecular formula is C17H18ClF3N4O2S. The summed E-state index contributed by atoms with van der Waals surface area (Å²) < 4.78 is 66.7. The molecule has 2 aromatic rings. The Bertz CT molecular complexity index is 996. The molecule has 1 aromatic carbocycles. The molecule has 0 unspecified atom stereocenters. The van der Waals surface area contributed by atoms with Crippen molar-refractivity contribution in [1.29, 1.82) is 0 Å². The van der Waals surface area contributed by atoms with Gasteiger partial charge in [0.25, 0.3) is 0 Å². The molecule has 28 heavy (non-hydrogen) atoms. The second kappa shape index (κ2) is 7.49. The number of rotatable bonds is 4. The molecule has 0 saturated heterocycles. The molecule has 0 fully saturated rings. The Balaban J connectivity index is 1.80. The summed E-state index contributed by atoms with van der Waals surface area (Å²) in [6.45, 7) is 0. The maximum atomic E-state index is 13.0. The average Bonchev–Trinajstić information content (AvgIpc) is 2.60. The summed E-state index contributed by atoms with van der Waals surface area (Å²) >= 11 is 5.56. The molecule has 152 valence electrons. The number of aromatic nitrogens is 2. The minimum absolute atomic E-state index is 0.363. The van der Waals surface area contributed by atoms with Gasteiger partial charge >= 0.3 is 6.18 Å². The maximum Gasteiger partial charge on any atom is 0.417 e. The number of benzene rings is 1. The SMILES string of the molecule is CN(C)c1ncc2c(n1)CC[C@H](NS(=O)(=O)c1ccc(Cl)c(C(F)(F)F)c1)C2. The summed E-state index contributed by atoms with van der Waals surface area (Å²) in [5, 5.41) is -0.549. The first kappa shape index (κ1) is 20.8. The highest BCUT2D eigenvalue weighted by atomic mass is 35.5. The van der Waals surface area contributed by atoms with Gasteiger partial charge in [-0.3, -0.25) is 0 Å². The van der Waals surface area contributed by atoms with Crippen LogP contribution in [0.25, 0.3) is 0 Å². The molecule has 0 radical (unpaired) electrons. The van der Waals surface area contributed by atoms with Gasteiger partial charge in [0, 0.05) is 32.0 Å². The molecule has 0 amide bonds. The van der Waals surface area contributed by atoms with Crippen LogP contribution in [0.1, 0.15) is 23.2 Å². The van der Waals surface area contributed by atoms with Crippen molar-refractivity contribution in [2.24, 2.45) is 0 Å². The van der Waals surface area contributed by atoms with Gasteiger partial charge in [-0.2, -0.15) is 13.2 Å². The predicted molar refractivity (Wildman–Crippen MR) is 98.9 cm³/mol. The lowest BCUT2D eigenvalue weighted by Crippen LogP contribution is -2.39. The van der Waals surface area contributed by atoms with Gasteiger partial charge < -0.3 is 4.90 Å². The Morgan fingerprint density at radius 2 is 2.00 bits per heavy atom. The fourth-order valence-corrected chi connectivity index (χ4v) is 4.51. The number of fused-ring (bicyclic) bond motifs is 1. The number of anilines is 1. The molecule has 0 aliphatic heterocycles. The molecule has 1 aliphatic rings. The van der Waals surface area contributed by atoms with Gasteiger partial charge in [-0.25, -0.2) is 23.1 Å². The minimum Gasteiger partial charge on any atom is -0.347 e. The van der Waals surface area contributed by atoms with Crippen molar-refractivity contribution in [2.45, 2.75) is 36.4 Å². The molecule has 1 heterocycles. The van der Waals surface area contributed by atoms with E-state index >= 15 is 0 Å². The fourth-order valence-electron chi connectivity index (χ4n) is 2.99. The van der Waals surface area contributed by atoms with Crippen LogP contribution in [0.3, 0.4) is 0 Å². The van der Waals surface area contributed by atoms with Crippen molar-refractivity contribution >= 4 is 27.6 Å². The van der Waals surface area contributed by atoms with Crippen molar-refractivity contribution in [3.8, 4) is 0 Å². The Labute approximate surface area is 165 Å². The van der Waals surface area contributed by atoms with Gasteiger partial charge in [-0.1, -0.05) is 11.6 Å². The van der Waals surface area contributed by atoms with Gasteiger partial charge in [-0.15, -0.1) is 0 Å². The maximum absolute atomic E-state index is 13.0. The predicted octanol–water partition coefficient (Wildman–Crippen LogP) is 3.05. The lowest BCUT2D eigenvalue weighted by Gasteiger charge is -2.25. The normalized spacial score (nSPS) is 17.3. The number of nitrogens with one attached hydrogen (secondary N) is 1. The van der Waals surface area contributed by atoms with Crippen LogP contribution in [-0.4, -0.2) is 38.5 Å². The summed E-state index contributed by atoms with van der Waals surface area (Å²) in [6.07, 6.45) is -1.70. The van der Waals surface area contributed by atoms with E-state index in [1.165, 1.54) is 0 Å². The fraction of sp³-hybridized carbons (Fsp3) is 0.412. The zero-order valence-corrected chi connectivity index (χ0v) is 16.7. The van der Waals surface area contributed by atoms with Crippen LogP contribution in [0.5, 0.6) is 0 Å². The van der Waals surface area contributed by atoms with E-state index in [2.05, 4.69) is 14.7 Å². The number of aryl methyl sites for hydroxylation is 1. The van der Waals surface area contributed by atoms with Crippen molar-refractivity contribution in [3.63, 3.8) is 0 Å². The number of alkyl halides is 3. The summed E-state index contributed by atoms with van der Waals surface area (Å²) in [4.78, 5) is 9.97. The van der Waals surface area contributed by atoms with Crippen LogP contribution in [0.4, 0.5) is 19.1 Å². The van der Waals surface area contributed by atoms with Crippen molar-refractivity contribution in [1.82, 2.24) is 14.7 Å². The number of hydrogen-bond donors (Lipinski definition) is 1. The molecule has 6 nitrogen and oxygen atoms in total. The molecule has 1 N–H and O–H groups in total. The van der Waals surface area contributed by atoms with Gasteiger partial charge in [-0.05, 0) is 43.0 Å². The van der Waals surface area contributed by atoms with Crippen molar-refractivity contribution in [3.05, 3.63) is 46.2 Å². The molecule has 0 bridgehead atoms. The third kappa shape index (κ3) is 4.39. The van der Waals surface area contributed by atoms with Crippen molar-refractivity contribution in [2.75, 3.05) is 19.0 Å². The summed E-state index contributed by atoms with van der Waals surface area (Å²) in [6, 6.07) is 2.08. The Morgan fingerprint density at radius 3 is 2.64 bits per heavy atom. The highest BCUT2D eigenvalue weighted by Crippen LogP contribution is 2.36. The number of sulfonamides is 1. The molecule has 3 rings (SSSR count). The van der Waals surface area contributed by atoms with E-state index in [4.69, 9.17) is 11.6 Å². The van der Waals surface area contributed by atoms with Crippen LogP contribution >= 0.6 is 11.6 Å². The molecule has 0 spiro atoms. The Morgan fingerprint density at radius 1 is 1.29 bits per heavy atom. The van der Waals surface area contributed by atoms with Crippen LogP contribution in [0.15, 0.2) is 29.3 Å². The molecule has 11 heteroatoms. The Kier molecular flexibility index (Phi) is 5.57. The monoisotopic (exact) mass is 434 g/mol. The summed E-state index contributed by atoms with van der Waals surface area (Å²) in [5.74, 6) is 0.568. The summed E-state index contributed by atoms with van der Waals surface area (Å²) in [5.41, 5.74) is 0.479. The molecule has 1 aromatic heterocycles. The molecular weight excluding hydrogens is 417 g/mol. The first-order valence-corrected chi connectivity index (χ1v) is 10.2. The number of hydrogen-bond acceptors (Lipinski definition) is 5. The van der Waals surface area contributed by atoms with Gasteiger partial charge in [0.15, 0.2) is 0 Å². The van der Waals surface area contributed by atoms with Gasteiger partial charge in [0.05, 0.1) is 15.5 Å². The van der Waals surface area contributed by atoms with Crippen LogP contribution < -0.4 is 9.62 Å². The number of nitrogens with zero attached hydrogens (tertiary/aromatic N) is 3. The van der Waals surface area contributed by atoms with Crippen LogP contribution in [-0.2, 0) is 29.0 Å². The van der Waals surface area contributed by atoms with E-state index in [0.29, 0.717) is 31.3 Å². The largest absolute Gasteiger partial charge is 0.417 e. The number of halogens is 4. The zero-order chi connectivity index (χ0) is 20.7. The molecule has 0 saturated carbocycles. The third-order valence-corrected chi connectivity index (χ3v) is 6.26. The third-order valence-electron chi connectivity index (χ3n) is 4.41. The van der Waals surface area contributed by atoms with Crippen LogP contribution in [0, 0.1) is 0 Å². The quantitative estimate of drug-likeness (QED) is 0.800. The highest BCUT2D eigenvalue weighted by Gasteiger charge is 2.35. The van der Waals surface area contributed by atoms with E-state index in [1.807, 2.05) is 14.1 Å². The van der Waals surface area contributed by atoms with Gasteiger partial charge in [0.2, 0.25) is 16.0 Å². The first-order chi connectivity index (χ1) is 13.0. The van der Waals surface area contributed by atoms with Crippen LogP contribution in [0.2, 0.25) is 5.02 Å². The van der Waals surface area contributed by atoms with E-state index < -0.39 is 37.7 Å². The minimum atomic E-state index is -4.74. The van der Waals surface area contributed by atoms with E-state index in [1.54, 1.807) is 11.1 Å². The molecule has 1 atom stereocenters. The first-order valence-electron chi connectivity index (χ1n) is 8.38. The second-order valence-electron chi connectivity index (χ2n) is 6.74. The smallest absolute Gasteiger partial charge is 0.347 e. The second-order valence-corrected chi connectivity index (χ2v) is 8.86. The molecule has 1 aliphatic carbocycles. The van der Waals surface area contributed by atoms with Crippen molar-refractivity contribution < 1.29 is 21.6 Å². The summed E-state index contributed by atoms with van der Waals surface area (Å²) in [7, 11) is -0.497. The van der Waals surface area contributed by atoms with E-state index in [-0.39, 0.29) is 0 Å². The average molecular weight is 435 g/mol. The topological polar surface area (TPSA) is 75.2 Å².